The van der Waals surface area contributed by atoms with E-state index in [0.29, 0.717) is 5.71 Å². The van der Waals surface area contributed by atoms with Crippen LogP contribution in [0.15, 0.2) is 35.1 Å². The molecule has 3 heterocycles. The molecule has 0 saturated heterocycles. The fraction of sp³-hybridized carbons (Fsp3) is 0.267. The smallest absolute Gasteiger partial charge is 0.263 e. The molecule has 5 nitrogen and oxygen atoms in total. The van der Waals surface area contributed by atoms with E-state index in [9.17, 15) is 0 Å². The molecule has 4 rings (SSSR count). The van der Waals surface area contributed by atoms with Crippen LogP contribution in [0.5, 0.6) is 0 Å². The van der Waals surface area contributed by atoms with Crippen LogP contribution in [0.2, 0.25) is 0 Å². The fourth-order valence-electron chi connectivity index (χ4n) is 2.82. The third kappa shape index (κ3) is 1.66. The Morgan fingerprint density at radius 3 is 2.90 bits per heavy atom. The van der Waals surface area contributed by atoms with E-state index in [1.807, 2.05) is 6.92 Å². The molecule has 1 aliphatic rings. The maximum atomic E-state index is 5.22. The minimum absolute atomic E-state index is 0.561. The van der Waals surface area contributed by atoms with Crippen molar-refractivity contribution in [2.24, 2.45) is 0 Å². The molecule has 0 saturated carbocycles. The summed E-state index contributed by atoms with van der Waals surface area (Å²) in [6, 6.07) is 8.57. The summed E-state index contributed by atoms with van der Waals surface area (Å²) in [4.78, 5) is 10.9. The second kappa shape index (κ2) is 4.30. The van der Waals surface area contributed by atoms with Gasteiger partial charge in [0.05, 0.1) is 5.69 Å². The summed E-state index contributed by atoms with van der Waals surface area (Å²) in [5.41, 5.74) is 4.19. The predicted molar refractivity (Wildman–Crippen MR) is 75.5 cm³/mol. The molecule has 100 valence electrons. The van der Waals surface area contributed by atoms with Gasteiger partial charge in [-0.2, -0.15) is 4.98 Å². The molecule has 0 aliphatic carbocycles. The van der Waals surface area contributed by atoms with Crippen LogP contribution < -0.4 is 4.90 Å². The van der Waals surface area contributed by atoms with E-state index >= 15 is 0 Å². The quantitative estimate of drug-likeness (QED) is 0.677. The maximum Gasteiger partial charge on any atom is 0.263 e. The van der Waals surface area contributed by atoms with Gasteiger partial charge in [-0.3, -0.25) is 0 Å². The lowest BCUT2D eigenvalue weighted by atomic mass is 10.00. The van der Waals surface area contributed by atoms with E-state index in [1.54, 1.807) is 6.33 Å². The van der Waals surface area contributed by atoms with E-state index in [1.165, 1.54) is 11.1 Å². The van der Waals surface area contributed by atoms with E-state index in [2.05, 4.69) is 44.3 Å². The van der Waals surface area contributed by atoms with Crippen molar-refractivity contribution in [3.05, 3.63) is 47.4 Å². The van der Waals surface area contributed by atoms with Crippen molar-refractivity contribution in [3.63, 3.8) is 0 Å². The SMILES string of the molecule is Cc1noc2ncnc(N3CCc4ccccc4C3)c12. The molecule has 0 N–H and O–H groups in total. The number of nitrogens with zero attached hydrogens (tertiary/aromatic N) is 4. The number of anilines is 1. The van der Waals surface area contributed by atoms with E-state index in [0.717, 1.165) is 36.4 Å². The molecule has 0 amide bonds. The number of rotatable bonds is 1. The summed E-state index contributed by atoms with van der Waals surface area (Å²) in [5, 5.41) is 4.91. The zero-order valence-electron chi connectivity index (χ0n) is 11.2. The van der Waals surface area contributed by atoms with Crippen molar-refractivity contribution in [2.75, 3.05) is 11.4 Å². The predicted octanol–water partition coefficient (Wildman–Crippen LogP) is 2.49. The lowest BCUT2D eigenvalue weighted by Gasteiger charge is -2.29. The van der Waals surface area contributed by atoms with Crippen LogP contribution >= 0.6 is 0 Å². The van der Waals surface area contributed by atoms with Crippen LogP contribution in [0.1, 0.15) is 16.8 Å². The van der Waals surface area contributed by atoms with Crippen molar-refractivity contribution < 1.29 is 4.52 Å². The molecule has 3 aromatic rings. The molecule has 0 unspecified atom stereocenters. The monoisotopic (exact) mass is 266 g/mol. The van der Waals surface area contributed by atoms with Gasteiger partial charge in [0.1, 0.15) is 17.5 Å². The second-order valence-electron chi connectivity index (χ2n) is 5.09. The first-order valence-corrected chi connectivity index (χ1v) is 6.71. The number of fused-ring (bicyclic) bond motifs is 2. The van der Waals surface area contributed by atoms with Gasteiger partial charge in [-0.05, 0) is 24.5 Å². The molecule has 0 atom stereocenters. The topological polar surface area (TPSA) is 55.1 Å². The van der Waals surface area contributed by atoms with Crippen LogP contribution in [0, 0.1) is 6.92 Å². The third-order valence-corrected chi connectivity index (χ3v) is 3.85. The van der Waals surface area contributed by atoms with Crippen LogP contribution in [-0.2, 0) is 13.0 Å². The van der Waals surface area contributed by atoms with Gasteiger partial charge in [0.15, 0.2) is 0 Å². The third-order valence-electron chi connectivity index (χ3n) is 3.85. The number of aryl methyl sites for hydroxylation is 1. The van der Waals surface area contributed by atoms with Crippen molar-refractivity contribution in [3.8, 4) is 0 Å². The fourth-order valence-corrected chi connectivity index (χ4v) is 2.82. The normalized spacial score (nSPS) is 14.6. The standard InChI is InChI=1S/C15H14N4O/c1-10-13-14(16-9-17-15(13)20-18-10)19-7-6-11-4-2-3-5-12(11)8-19/h2-5,9H,6-8H2,1H3. The van der Waals surface area contributed by atoms with E-state index in [-0.39, 0.29) is 0 Å². The van der Waals surface area contributed by atoms with Gasteiger partial charge in [-0.1, -0.05) is 29.4 Å². The highest BCUT2D eigenvalue weighted by Gasteiger charge is 2.21. The van der Waals surface area contributed by atoms with Crippen LogP contribution in [0.25, 0.3) is 11.1 Å². The molecule has 0 radical (unpaired) electrons. The summed E-state index contributed by atoms with van der Waals surface area (Å²) in [6.07, 6.45) is 2.58. The van der Waals surface area contributed by atoms with Gasteiger partial charge < -0.3 is 9.42 Å². The molecule has 0 fully saturated rings. The van der Waals surface area contributed by atoms with Crippen LogP contribution in [0.3, 0.4) is 0 Å². The van der Waals surface area contributed by atoms with Crippen LogP contribution in [0.4, 0.5) is 5.82 Å². The summed E-state index contributed by atoms with van der Waals surface area (Å²) < 4.78 is 5.22. The second-order valence-corrected chi connectivity index (χ2v) is 5.09. The van der Waals surface area contributed by atoms with Gasteiger partial charge >= 0.3 is 0 Å². The molecular weight excluding hydrogens is 252 g/mol. The zero-order valence-corrected chi connectivity index (χ0v) is 11.2. The minimum Gasteiger partial charge on any atom is -0.351 e. The van der Waals surface area contributed by atoms with Gasteiger partial charge in [0.25, 0.3) is 5.71 Å². The number of hydrogen-bond acceptors (Lipinski definition) is 5. The Bertz CT molecular complexity index is 780. The Balaban J connectivity index is 1.80. The summed E-state index contributed by atoms with van der Waals surface area (Å²) >= 11 is 0. The summed E-state index contributed by atoms with van der Waals surface area (Å²) in [6.45, 7) is 3.75. The van der Waals surface area contributed by atoms with Crippen LogP contribution in [-0.4, -0.2) is 21.7 Å². The average molecular weight is 266 g/mol. The highest BCUT2D eigenvalue weighted by molar-refractivity contribution is 5.87. The highest BCUT2D eigenvalue weighted by Crippen LogP contribution is 2.29. The molecule has 0 bridgehead atoms. The Morgan fingerprint density at radius 1 is 1.15 bits per heavy atom. The largest absolute Gasteiger partial charge is 0.351 e. The maximum absolute atomic E-state index is 5.22. The molecule has 1 aromatic carbocycles. The number of aromatic nitrogens is 3. The van der Waals surface area contributed by atoms with Crippen molar-refractivity contribution >= 4 is 16.9 Å². The van der Waals surface area contributed by atoms with Gasteiger partial charge in [0, 0.05) is 13.1 Å². The van der Waals surface area contributed by atoms with Crippen molar-refractivity contribution in [2.45, 2.75) is 19.9 Å². The Kier molecular flexibility index (Phi) is 2.45. The van der Waals surface area contributed by atoms with E-state index < -0.39 is 0 Å². The summed E-state index contributed by atoms with van der Waals surface area (Å²) in [5.74, 6) is 0.920. The average Bonchev–Trinajstić information content (AvgIpc) is 2.88. The molecule has 5 heteroatoms. The molecule has 0 spiro atoms. The zero-order chi connectivity index (χ0) is 13.5. The first kappa shape index (κ1) is 11.4. The Labute approximate surface area is 116 Å². The first-order valence-electron chi connectivity index (χ1n) is 6.71. The molecular formula is C15H14N4O. The first-order chi connectivity index (χ1) is 9.83. The molecule has 1 aliphatic heterocycles. The van der Waals surface area contributed by atoms with Crippen molar-refractivity contribution in [1.29, 1.82) is 0 Å². The van der Waals surface area contributed by atoms with Gasteiger partial charge in [-0.15, -0.1) is 0 Å². The number of hydrogen-bond donors (Lipinski definition) is 0. The lowest BCUT2D eigenvalue weighted by molar-refractivity contribution is 0.442. The lowest BCUT2D eigenvalue weighted by Crippen LogP contribution is -2.31. The number of benzene rings is 1. The van der Waals surface area contributed by atoms with E-state index in [4.69, 9.17) is 4.52 Å². The van der Waals surface area contributed by atoms with Gasteiger partial charge in [0.2, 0.25) is 0 Å². The Hall–Kier alpha value is -2.43. The van der Waals surface area contributed by atoms with Gasteiger partial charge in [-0.25, -0.2) is 4.98 Å². The molecule has 20 heavy (non-hydrogen) atoms. The Morgan fingerprint density at radius 2 is 2.00 bits per heavy atom. The molecule has 2 aromatic heterocycles. The summed E-state index contributed by atoms with van der Waals surface area (Å²) in [7, 11) is 0. The minimum atomic E-state index is 0.561. The highest BCUT2D eigenvalue weighted by atomic mass is 16.5. The van der Waals surface area contributed by atoms with Crippen molar-refractivity contribution in [1.82, 2.24) is 15.1 Å².